The average molecular weight is 379 g/mol. The smallest absolute Gasteiger partial charge is 0.408 e. The zero-order chi connectivity index (χ0) is 18.8. The molecule has 0 atom stereocenters. The molecule has 0 aliphatic heterocycles. The zero-order valence-electron chi connectivity index (χ0n) is 14.7. The maximum atomic E-state index is 13.0. The Bertz CT molecular complexity index is 1140. The number of carbonyl (C=O) groups excluding carboxylic acids is 1. The molecule has 0 bridgehead atoms. The van der Waals surface area contributed by atoms with Crippen LogP contribution >= 0.6 is 11.3 Å². The number of rotatable bonds is 5. The fourth-order valence-corrected chi connectivity index (χ4v) is 3.77. The molecule has 136 valence electrons. The largest absolute Gasteiger partial charge is 0.419 e. The van der Waals surface area contributed by atoms with Crippen LogP contribution in [0, 0.1) is 6.92 Å². The lowest BCUT2D eigenvalue weighted by atomic mass is 10.2. The van der Waals surface area contributed by atoms with Crippen molar-refractivity contribution in [3.63, 3.8) is 0 Å². The van der Waals surface area contributed by atoms with Crippen molar-refractivity contribution < 1.29 is 9.21 Å². The van der Waals surface area contributed by atoms with Gasteiger partial charge in [-0.1, -0.05) is 30.3 Å². The van der Waals surface area contributed by atoms with E-state index < -0.39 is 5.76 Å². The second kappa shape index (κ2) is 7.20. The fourth-order valence-electron chi connectivity index (χ4n) is 2.93. The summed E-state index contributed by atoms with van der Waals surface area (Å²) in [6, 6.07) is 16.6. The number of aromatic nitrogens is 2. The highest BCUT2D eigenvalue weighted by Gasteiger charge is 2.21. The number of thiazole rings is 1. The Balaban J connectivity index is 1.62. The molecule has 0 saturated carbocycles. The number of amides is 1. The molecule has 2 aromatic heterocycles. The lowest BCUT2D eigenvalue weighted by Crippen LogP contribution is -2.28. The van der Waals surface area contributed by atoms with Crippen LogP contribution in [0.5, 0.6) is 0 Å². The summed E-state index contributed by atoms with van der Waals surface area (Å²) in [6.45, 7) is 2.13. The van der Waals surface area contributed by atoms with Crippen molar-refractivity contribution in [2.24, 2.45) is 0 Å². The first-order chi connectivity index (χ1) is 13.1. The van der Waals surface area contributed by atoms with E-state index in [0.29, 0.717) is 16.2 Å². The highest BCUT2D eigenvalue weighted by Crippen LogP contribution is 2.29. The Morgan fingerprint density at radius 1 is 1.15 bits per heavy atom. The predicted molar refractivity (Wildman–Crippen MR) is 106 cm³/mol. The SMILES string of the molecule is Cc1csc(N(C(=O)CCn2c(=O)oc3ccccc32)c2ccccc2)n1. The Hall–Kier alpha value is -3.19. The molecule has 0 aliphatic carbocycles. The summed E-state index contributed by atoms with van der Waals surface area (Å²) in [5.41, 5.74) is 2.82. The quantitative estimate of drug-likeness (QED) is 0.523. The van der Waals surface area contributed by atoms with Crippen LogP contribution in [0.2, 0.25) is 0 Å². The van der Waals surface area contributed by atoms with Gasteiger partial charge in [-0.3, -0.25) is 14.3 Å². The van der Waals surface area contributed by atoms with Crippen LogP contribution in [0.3, 0.4) is 0 Å². The van der Waals surface area contributed by atoms with Gasteiger partial charge in [0, 0.05) is 18.3 Å². The van der Waals surface area contributed by atoms with E-state index in [-0.39, 0.29) is 18.9 Å². The third kappa shape index (κ3) is 3.41. The summed E-state index contributed by atoms with van der Waals surface area (Å²) in [5.74, 6) is -0.590. The predicted octanol–water partition coefficient (Wildman–Crippen LogP) is 4.11. The van der Waals surface area contributed by atoms with Gasteiger partial charge in [-0.15, -0.1) is 11.3 Å². The van der Waals surface area contributed by atoms with Crippen LogP contribution in [-0.2, 0) is 11.3 Å². The molecule has 0 aliphatic rings. The van der Waals surface area contributed by atoms with Crippen LogP contribution in [0.25, 0.3) is 11.1 Å². The fraction of sp³-hybridized carbons (Fsp3) is 0.150. The van der Waals surface area contributed by atoms with Gasteiger partial charge in [0.15, 0.2) is 10.7 Å². The van der Waals surface area contributed by atoms with Gasteiger partial charge in [-0.25, -0.2) is 9.78 Å². The zero-order valence-corrected chi connectivity index (χ0v) is 15.5. The van der Waals surface area contributed by atoms with Crippen LogP contribution in [0.15, 0.2) is 69.2 Å². The molecule has 4 aromatic rings. The number of hydrogen-bond donors (Lipinski definition) is 0. The summed E-state index contributed by atoms with van der Waals surface area (Å²) in [7, 11) is 0. The standard InChI is InChI=1S/C20H17N3O3S/c1-14-13-27-19(21-14)23(15-7-3-2-4-8-15)18(24)11-12-22-16-9-5-6-10-17(16)26-20(22)25/h2-10,13H,11-12H2,1H3. The van der Waals surface area contributed by atoms with Crippen LogP contribution in [-0.4, -0.2) is 15.5 Å². The first-order valence-electron chi connectivity index (χ1n) is 8.52. The molecule has 2 aromatic carbocycles. The molecule has 27 heavy (non-hydrogen) atoms. The van der Waals surface area contributed by atoms with Gasteiger partial charge in [-0.2, -0.15) is 0 Å². The lowest BCUT2D eigenvalue weighted by molar-refractivity contribution is -0.118. The number of hydrogen-bond acceptors (Lipinski definition) is 5. The Morgan fingerprint density at radius 3 is 2.63 bits per heavy atom. The van der Waals surface area contributed by atoms with Crippen molar-refractivity contribution in [3.8, 4) is 0 Å². The molecule has 0 N–H and O–H groups in total. The third-order valence-corrected chi connectivity index (χ3v) is 5.13. The Labute approximate surface area is 159 Å². The van der Waals surface area contributed by atoms with Crippen molar-refractivity contribution in [2.45, 2.75) is 19.9 Å². The van der Waals surface area contributed by atoms with E-state index in [1.54, 1.807) is 11.0 Å². The van der Waals surface area contributed by atoms with Crippen molar-refractivity contribution in [2.75, 3.05) is 4.90 Å². The number of oxazole rings is 1. The summed E-state index contributed by atoms with van der Waals surface area (Å²) in [6.07, 6.45) is 0.150. The van der Waals surface area contributed by atoms with Crippen molar-refractivity contribution in [3.05, 3.63) is 76.2 Å². The molecule has 0 saturated heterocycles. The number of anilines is 2. The van der Waals surface area contributed by atoms with Crippen molar-refractivity contribution in [1.29, 1.82) is 0 Å². The van der Waals surface area contributed by atoms with Crippen LogP contribution in [0.4, 0.5) is 10.8 Å². The van der Waals surface area contributed by atoms with Crippen molar-refractivity contribution in [1.82, 2.24) is 9.55 Å². The minimum Gasteiger partial charge on any atom is -0.408 e. The number of nitrogens with zero attached hydrogens (tertiary/aromatic N) is 3. The van der Waals surface area contributed by atoms with Gasteiger partial charge < -0.3 is 4.42 Å². The summed E-state index contributed by atoms with van der Waals surface area (Å²) in [5, 5.41) is 2.53. The molecular weight excluding hydrogens is 362 g/mol. The lowest BCUT2D eigenvalue weighted by Gasteiger charge is -2.20. The monoisotopic (exact) mass is 379 g/mol. The summed E-state index contributed by atoms with van der Waals surface area (Å²) in [4.78, 5) is 31.2. The van der Waals surface area contributed by atoms with Gasteiger partial charge in [0.25, 0.3) is 0 Å². The molecular formula is C20H17N3O3S. The highest BCUT2D eigenvalue weighted by molar-refractivity contribution is 7.14. The maximum absolute atomic E-state index is 13.0. The van der Waals surface area contributed by atoms with E-state index in [1.807, 2.05) is 60.8 Å². The summed E-state index contributed by atoms with van der Waals surface area (Å²) >= 11 is 1.42. The van der Waals surface area contributed by atoms with Gasteiger partial charge in [0.2, 0.25) is 5.91 Å². The highest BCUT2D eigenvalue weighted by atomic mass is 32.1. The number of fused-ring (bicyclic) bond motifs is 1. The normalized spacial score (nSPS) is 11.0. The molecule has 2 heterocycles. The molecule has 7 heteroatoms. The second-order valence-corrected chi connectivity index (χ2v) is 6.91. The molecule has 0 radical (unpaired) electrons. The van der Waals surface area contributed by atoms with Crippen LogP contribution < -0.4 is 10.7 Å². The molecule has 0 fully saturated rings. The first-order valence-corrected chi connectivity index (χ1v) is 9.40. The first kappa shape index (κ1) is 17.2. The molecule has 6 nitrogen and oxygen atoms in total. The Kier molecular flexibility index (Phi) is 4.60. The minimum atomic E-state index is -0.458. The average Bonchev–Trinajstić information content (AvgIpc) is 3.23. The van der Waals surface area contributed by atoms with E-state index in [9.17, 15) is 9.59 Å². The van der Waals surface area contributed by atoms with Crippen LogP contribution in [0.1, 0.15) is 12.1 Å². The number of aryl methyl sites for hydroxylation is 2. The minimum absolute atomic E-state index is 0.132. The van der Waals surface area contributed by atoms with E-state index in [0.717, 1.165) is 11.4 Å². The van der Waals surface area contributed by atoms with Gasteiger partial charge >= 0.3 is 5.76 Å². The Morgan fingerprint density at radius 2 is 1.89 bits per heavy atom. The maximum Gasteiger partial charge on any atom is 0.419 e. The molecule has 0 spiro atoms. The number of para-hydroxylation sites is 3. The molecule has 1 amide bonds. The van der Waals surface area contributed by atoms with Crippen molar-refractivity contribution >= 4 is 39.2 Å². The van der Waals surface area contributed by atoms with E-state index >= 15 is 0 Å². The number of carbonyl (C=O) groups is 1. The second-order valence-electron chi connectivity index (χ2n) is 6.07. The van der Waals surface area contributed by atoms with E-state index in [4.69, 9.17) is 4.42 Å². The van der Waals surface area contributed by atoms with Gasteiger partial charge in [-0.05, 0) is 31.2 Å². The van der Waals surface area contributed by atoms with Gasteiger partial charge in [0.1, 0.15) is 0 Å². The summed E-state index contributed by atoms with van der Waals surface area (Å²) < 4.78 is 6.73. The third-order valence-electron chi connectivity index (χ3n) is 4.18. The topological polar surface area (TPSA) is 68.3 Å². The van der Waals surface area contributed by atoms with E-state index in [2.05, 4.69) is 4.98 Å². The molecule has 0 unspecified atom stereocenters. The number of benzene rings is 2. The van der Waals surface area contributed by atoms with E-state index in [1.165, 1.54) is 15.9 Å². The molecule has 4 rings (SSSR count). The van der Waals surface area contributed by atoms with Gasteiger partial charge in [0.05, 0.1) is 16.9 Å².